The molecule has 0 aliphatic heterocycles. The van der Waals surface area contributed by atoms with Crippen molar-refractivity contribution in [2.45, 2.75) is 12.5 Å². The molecule has 0 aliphatic rings. The topological polar surface area (TPSA) is 82.7 Å². The molecule has 0 amide bonds. The Morgan fingerprint density at radius 3 is 2.94 bits per heavy atom. The smallest absolute Gasteiger partial charge is 0.306 e. The van der Waals surface area contributed by atoms with Crippen molar-refractivity contribution in [2.24, 2.45) is 0 Å². The second kappa shape index (κ2) is 4.88. The van der Waals surface area contributed by atoms with Crippen molar-refractivity contribution in [3.8, 4) is 0 Å². The van der Waals surface area contributed by atoms with Crippen LogP contribution in [0.4, 0.5) is 5.69 Å². The molecule has 90 valence electrons. The molecular weight excluding hydrogens is 222 g/mol. The molecule has 1 unspecified atom stereocenters. The van der Waals surface area contributed by atoms with Crippen molar-refractivity contribution in [2.75, 3.05) is 11.9 Å². The first-order chi connectivity index (χ1) is 8.16. The van der Waals surface area contributed by atoms with Crippen LogP contribution in [0, 0.1) is 0 Å². The second-order valence-electron chi connectivity index (χ2n) is 3.78. The van der Waals surface area contributed by atoms with Crippen molar-refractivity contribution >= 4 is 22.6 Å². The van der Waals surface area contributed by atoms with Gasteiger partial charge in [-0.25, -0.2) is 0 Å². The number of fused-ring (bicyclic) bond motifs is 1. The summed E-state index contributed by atoms with van der Waals surface area (Å²) in [5.74, 6) is -1.02. The Morgan fingerprint density at radius 2 is 2.18 bits per heavy atom. The van der Waals surface area contributed by atoms with E-state index in [2.05, 4.69) is 5.32 Å². The number of hydrogen-bond acceptors (Lipinski definition) is 4. The van der Waals surface area contributed by atoms with Crippen LogP contribution in [0.15, 0.2) is 34.9 Å². The molecule has 1 aromatic carbocycles. The Bertz CT molecular complexity index is 520. The van der Waals surface area contributed by atoms with Crippen molar-refractivity contribution in [1.29, 1.82) is 0 Å². The summed E-state index contributed by atoms with van der Waals surface area (Å²) in [5.41, 5.74) is 1.51. The Labute approximate surface area is 97.7 Å². The van der Waals surface area contributed by atoms with Crippen LogP contribution < -0.4 is 5.32 Å². The fourth-order valence-electron chi connectivity index (χ4n) is 1.62. The van der Waals surface area contributed by atoms with Crippen LogP contribution in [-0.4, -0.2) is 28.8 Å². The summed E-state index contributed by atoms with van der Waals surface area (Å²) in [5, 5.41) is 21.8. The lowest BCUT2D eigenvalue weighted by molar-refractivity contribution is -0.138. The molecule has 2 rings (SSSR count). The SMILES string of the molecule is O=C(O)CC(O)CNc1coc2ccccc12. The van der Waals surface area contributed by atoms with Crippen molar-refractivity contribution in [1.82, 2.24) is 0 Å². The number of anilines is 1. The largest absolute Gasteiger partial charge is 0.481 e. The molecule has 5 heteroatoms. The van der Waals surface area contributed by atoms with Crippen molar-refractivity contribution in [3.63, 3.8) is 0 Å². The predicted octanol–water partition coefficient (Wildman–Crippen LogP) is 1.68. The molecular formula is C12H13NO4. The van der Waals surface area contributed by atoms with Gasteiger partial charge in [-0.05, 0) is 12.1 Å². The summed E-state index contributed by atoms with van der Waals surface area (Å²) in [6.45, 7) is 0.176. The summed E-state index contributed by atoms with van der Waals surface area (Å²) < 4.78 is 5.30. The molecule has 5 nitrogen and oxygen atoms in total. The molecule has 0 bridgehead atoms. The molecule has 1 atom stereocenters. The number of para-hydroxylation sites is 1. The number of carboxylic acid groups (broad SMARTS) is 1. The molecule has 1 aromatic heterocycles. The van der Waals surface area contributed by atoms with E-state index in [1.807, 2.05) is 24.3 Å². The number of carboxylic acids is 1. The van der Waals surface area contributed by atoms with Gasteiger partial charge in [-0.15, -0.1) is 0 Å². The average Bonchev–Trinajstić information content (AvgIpc) is 2.69. The summed E-state index contributed by atoms with van der Waals surface area (Å²) in [4.78, 5) is 10.4. The van der Waals surface area contributed by atoms with Crippen LogP contribution in [0.5, 0.6) is 0 Å². The predicted molar refractivity (Wildman–Crippen MR) is 63.0 cm³/mol. The van der Waals surface area contributed by atoms with Crippen LogP contribution in [0.1, 0.15) is 6.42 Å². The molecule has 0 saturated heterocycles. The quantitative estimate of drug-likeness (QED) is 0.734. The van der Waals surface area contributed by atoms with Gasteiger partial charge >= 0.3 is 5.97 Å². The standard InChI is InChI=1S/C12H13NO4/c14-8(5-12(15)16)6-13-10-7-17-11-4-2-1-3-9(10)11/h1-4,7-8,13-14H,5-6H2,(H,15,16). The third-order valence-corrected chi connectivity index (χ3v) is 2.42. The van der Waals surface area contributed by atoms with E-state index in [4.69, 9.17) is 9.52 Å². The fraction of sp³-hybridized carbons (Fsp3) is 0.250. The zero-order valence-corrected chi connectivity index (χ0v) is 9.09. The number of carbonyl (C=O) groups is 1. The summed E-state index contributed by atoms with van der Waals surface area (Å²) in [6, 6.07) is 7.49. The average molecular weight is 235 g/mol. The lowest BCUT2D eigenvalue weighted by Crippen LogP contribution is -2.22. The second-order valence-corrected chi connectivity index (χ2v) is 3.78. The molecule has 0 spiro atoms. The number of rotatable bonds is 5. The Kier molecular flexibility index (Phi) is 3.30. The minimum absolute atomic E-state index is 0.176. The first-order valence-corrected chi connectivity index (χ1v) is 5.27. The highest BCUT2D eigenvalue weighted by atomic mass is 16.4. The molecule has 0 radical (unpaired) electrons. The summed E-state index contributed by atoms with van der Waals surface area (Å²) in [6.07, 6.45) is 0.363. The summed E-state index contributed by atoms with van der Waals surface area (Å²) in [7, 11) is 0. The van der Waals surface area contributed by atoms with Gasteiger partial charge in [0.05, 0.1) is 18.2 Å². The minimum Gasteiger partial charge on any atom is -0.481 e. The van der Waals surface area contributed by atoms with Gasteiger partial charge in [-0.1, -0.05) is 12.1 Å². The third-order valence-electron chi connectivity index (χ3n) is 2.42. The normalized spacial score (nSPS) is 12.5. The number of aliphatic carboxylic acids is 1. The van der Waals surface area contributed by atoms with E-state index in [0.717, 1.165) is 16.7 Å². The van der Waals surface area contributed by atoms with Gasteiger partial charge in [0.15, 0.2) is 0 Å². The van der Waals surface area contributed by atoms with Gasteiger partial charge < -0.3 is 19.9 Å². The van der Waals surface area contributed by atoms with Crippen LogP contribution in [0.2, 0.25) is 0 Å². The maximum Gasteiger partial charge on any atom is 0.306 e. The number of hydrogen-bond donors (Lipinski definition) is 3. The first kappa shape index (κ1) is 11.5. The fourth-order valence-corrected chi connectivity index (χ4v) is 1.62. The lowest BCUT2D eigenvalue weighted by Gasteiger charge is -2.09. The Balaban J connectivity index is 2.02. The highest BCUT2D eigenvalue weighted by Crippen LogP contribution is 2.25. The van der Waals surface area contributed by atoms with Crippen LogP contribution in [-0.2, 0) is 4.79 Å². The Morgan fingerprint density at radius 1 is 1.41 bits per heavy atom. The Hall–Kier alpha value is -2.01. The van der Waals surface area contributed by atoms with Gasteiger partial charge in [-0.2, -0.15) is 0 Å². The number of furan rings is 1. The highest BCUT2D eigenvalue weighted by Gasteiger charge is 2.10. The third kappa shape index (κ3) is 2.76. The number of nitrogens with one attached hydrogen (secondary N) is 1. The minimum atomic E-state index is -1.02. The molecule has 3 N–H and O–H groups in total. The van der Waals surface area contributed by atoms with E-state index in [0.29, 0.717) is 0 Å². The highest BCUT2D eigenvalue weighted by molar-refractivity contribution is 5.90. The van der Waals surface area contributed by atoms with E-state index >= 15 is 0 Å². The maximum atomic E-state index is 10.4. The molecule has 2 aromatic rings. The van der Waals surface area contributed by atoms with E-state index in [-0.39, 0.29) is 13.0 Å². The van der Waals surface area contributed by atoms with E-state index in [1.165, 1.54) is 0 Å². The van der Waals surface area contributed by atoms with Crippen molar-refractivity contribution < 1.29 is 19.4 Å². The zero-order chi connectivity index (χ0) is 12.3. The van der Waals surface area contributed by atoms with Crippen LogP contribution >= 0.6 is 0 Å². The first-order valence-electron chi connectivity index (χ1n) is 5.27. The zero-order valence-electron chi connectivity index (χ0n) is 9.09. The van der Waals surface area contributed by atoms with E-state index in [1.54, 1.807) is 6.26 Å². The molecule has 1 heterocycles. The van der Waals surface area contributed by atoms with Crippen LogP contribution in [0.3, 0.4) is 0 Å². The number of benzene rings is 1. The van der Waals surface area contributed by atoms with Crippen molar-refractivity contribution in [3.05, 3.63) is 30.5 Å². The molecule has 0 saturated carbocycles. The van der Waals surface area contributed by atoms with Gasteiger partial charge in [0.2, 0.25) is 0 Å². The van der Waals surface area contributed by atoms with Gasteiger partial charge in [-0.3, -0.25) is 4.79 Å². The molecule has 17 heavy (non-hydrogen) atoms. The number of aliphatic hydroxyl groups excluding tert-OH is 1. The lowest BCUT2D eigenvalue weighted by atomic mass is 10.2. The monoisotopic (exact) mass is 235 g/mol. The number of aliphatic hydroxyl groups is 1. The van der Waals surface area contributed by atoms with Gasteiger partial charge in [0.25, 0.3) is 0 Å². The van der Waals surface area contributed by atoms with E-state index in [9.17, 15) is 9.90 Å². The summed E-state index contributed by atoms with van der Waals surface area (Å²) >= 11 is 0. The van der Waals surface area contributed by atoms with Crippen LogP contribution in [0.25, 0.3) is 11.0 Å². The van der Waals surface area contributed by atoms with Gasteiger partial charge in [0, 0.05) is 11.9 Å². The van der Waals surface area contributed by atoms with Gasteiger partial charge in [0.1, 0.15) is 11.8 Å². The molecule has 0 aliphatic carbocycles. The molecule has 0 fully saturated rings. The maximum absolute atomic E-state index is 10.4. The van der Waals surface area contributed by atoms with E-state index < -0.39 is 12.1 Å².